The van der Waals surface area contributed by atoms with Gasteiger partial charge in [-0.05, 0) is 79.9 Å². The summed E-state index contributed by atoms with van der Waals surface area (Å²) in [5.74, 6) is 7.08. The van der Waals surface area contributed by atoms with Crippen LogP contribution in [0.3, 0.4) is 0 Å². The highest BCUT2D eigenvalue weighted by Crippen LogP contribution is 2.65. The van der Waals surface area contributed by atoms with Crippen molar-refractivity contribution >= 4 is 27.5 Å². The SMILES string of the molecule is C1#CC(c2cccc3c2C2(c4ccccc4-c4ccccc42)c2ccc4c(oc5ccccc54)c2-3)C=CC(c2cc(-c3ccccc3)nc(-c3ccccc3)c2)=C1. The first-order valence-electron chi connectivity index (χ1n) is 19.6. The quantitative estimate of drug-likeness (QED) is 0.169. The molecule has 2 heteroatoms. The summed E-state index contributed by atoms with van der Waals surface area (Å²) in [6.07, 6.45) is 6.62. The van der Waals surface area contributed by atoms with Crippen LogP contribution < -0.4 is 0 Å². The average molecular weight is 724 g/mol. The predicted octanol–water partition coefficient (Wildman–Crippen LogP) is 13.4. The lowest BCUT2D eigenvalue weighted by Gasteiger charge is -2.32. The van der Waals surface area contributed by atoms with Crippen LogP contribution >= 0.6 is 0 Å². The van der Waals surface area contributed by atoms with E-state index < -0.39 is 5.41 Å². The van der Waals surface area contributed by atoms with E-state index in [0.29, 0.717) is 0 Å². The normalized spacial score (nSPS) is 15.4. The molecule has 0 fully saturated rings. The van der Waals surface area contributed by atoms with E-state index in [9.17, 15) is 0 Å². The number of furan rings is 1. The van der Waals surface area contributed by atoms with Crippen molar-refractivity contribution in [2.24, 2.45) is 0 Å². The number of pyridine rings is 1. The molecule has 2 aromatic heterocycles. The van der Waals surface area contributed by atoms with E-state index in [1.165, 1.54) is 50.1 Å². The monoisotopic (exact) mass is 723 g/mol. The number of aromatic nitrogens is 1. The summed E-state index contributed by atoms with van der Waals surface area (Å²) in [4.78, 5) is 5.13. The van der Waals surface area contributed by atoms with E-state index in [2.05, 4.69) is 194 Å². The van der Waals surface area contributed by atoms with Crippen molar-refractivity contribution in [1.82, 2.24) is 4.98 Å². The first-order valence-corrected chi connectivity index (χ1v) is 19.6. The summed E-state index contributed by atoms with van der Waals surface area (Å²) < 4.78 is 6.83. The van der Waals surface area contributed by atoms with Gasteiger partial charge in [-0.3, -0.25) is 0 Å². The van der Waals surface area contributed by atoms with Gasteiger partial charge in [-0.2, -0.15) is 0 Å². The van der Waals surface area contributed by atoms with Gasteiger partial charge in [-0.1, -0.05) is 182 Å². The second-order valence-electron chi connectivity index (χ2n) is 15.2. The van der Waals surface area contributed by atoms with Crippen molar-refractivity contribution in [2.45, 2.75) is 11.3 Å². The first-order chi connectivity index (χ1) is 28.3. The summed E-state index contributed by atoms with van der Waals surface area (Å²) in [5.41, 5.74) is 18.8. The van der Waals surface area contributed by atoms with Gasteiger partial charge in [0.1, 0.15) is 11.2 Å². The van der Waals surface area contributed by atoms with Crippen LogP contribution in [-0.2, 0) is 5.41 Å². The predicted molar refractivity (Wildman–Crippen MR) is 233 cm³/mol. The molecular weight excluding hydrogens is 691 g/mol. The molecule has 0 radical (unpaired) electrons. The highest BCUT2D eigenvalue weighted by Gasteiger charge is 2.53. The standard InChI is InChI=1S/C55H33NO/c1-3-15-37(16-4-1)49-33-39(34-50(56-49)38-17-5-2-6-18-38)35-19-13-20-36(30-29-35)40-24-14-25-45-52-48(32-31-44-43-23-9-12-28-51(43)57-54(44)52)55(53(40)45)46-26-10-7-21-41(46)42-22-8-11-27-47(42)55/h1-12,14-19,21-34,36H. The van der Waals surface area contributed by atoms with Crippen LogP contribution in [0.25, 0.3) is 72.3 Å². The molecule has 12 rings (SSSR count). The maximum absolute atomic E-state index is 6.83. The van der Waals surface area contributed by atoms with Crippen LogP contribution in [0.5, 0.6) is 0 Å². The third-order valence-corrected chi connectivity index (χ3v) is 12.2. The van der Waals surface area contributed by atoms with Crippen molar-refractivity contribution in [3.8, 4) is 56.6 Å². The molecule has 3 aliphatic carbocycles. The Labute approximate surface area is 331 Å². The van der Waals surface area contributed by atoms with E-state index in [4.69, 9.17) is 9.40 Å². The Morgan fingerprint density at radius 2 is 1.16 bits per heavy atom. The van der Waals surface area contributed by atoms with Crippen molar-refractivity contribution in [3.05, 3.63) is 228 Å². The first kappa shape index (κ1) is 31.8. The Morgan fingerprint density at radius 1 is 0.526 bits per heavy atom. The number of fused-ring (bicyclic) bond motifs is 14. The van der Waals surface area contributed by atoms with Crippen molar-refractivity contribution in [3.63, 3.8) is 0 Å². The van der Waals surface area contributed by atoms with Crippen LogP contribution in [0.15, 0.2) is 199 Å². The van der Waals surface area contributed by atoms with Crippen LogP contribution in [0.4, 0.5) is 0 Å². The molecular formula is C55H33NO. The second kappa shape index (κ2) is 12.3. The third kappa shape index (κ3) is 4.58. The maximum atomic E-state index is 6.83. The van der Waals surface area contributed by atoms with Gasteiger partial charge >= 0.3 is 0 Å². The lowest BCUT2D eigenvalue weighted by Crippen LogP contribution is -2.27. The smallest absolute Gasteiger partial charge is 0.143 e. The van der Waals surface area contributed by atoms with E-state index >= 15 is 0 Å². The zero-order valence-electron chi connectivity index (χ0n) is 30.9. The number of para-hydroxylation sites is 1. The van der Waals surface area contributed by atoms with E-state index in [1.54, 1.807) is 0 Å². The summed E-state index contributed by atoms with van der Waals surface area (Å²) in [7, 11) is 0. The molecule has 1 spiro atoms. The van der Waals surface area contributed by atoms with Crippen LogP contribution in [-0.4, -0.2) is 4.98 Å². The Bertz CT molecular complexity index is 3140. The number of benzene rings is 7. The summed E-state index contributed by atoms with van der Waals surface area (Å²) in [6.45, 7) is 0. The van der Waals surface area contributed by atoms with Crippen molar-refractivity contribution < 1.29 is 4.42 Å². The Balaban J connectivity index is 1.06. The number of hydrogen-bond acceptors (Lipinski definition) is 2. The lowest BCUT2D eigenvalue weighted by atomic mass is 9.68. The molecule has 7 aromatic carbocycles. The molecule has 57 heavy (non-hydrogen) atoms. The van der Waals surface area contributed by atoms with Gasteiger partial charge in [0.05, 0.1) is 22.7 Å². The maximum Gasteiger partial charge on any atom is 0.143 e. The van der Waals surface area contributed by atoms with Gasteiger partial charge in [-0.25, -0.2) is 4.98 Å². The topological polar surface area (TPSA) is 26.0 Å². The second-order valence-corrected chi connectivity index (χ2v) is 15.2. The van der Waals surface area contributed by atoms with Gasteiger partial charge in [-0.15, -0.1) is 0 Å². The number of hydrogen-bond donors (Lipinski definition) is 0. The lowest BCUT2D eigenvalue weighted by molar-refractivity contribution is 0.669. The molecule has 264 valence electrons. The number of allylic oxidation sites excluding steroid dienone is 4. The molecule has 9 aromatic rings. The molecule has 0 amide bonds. The minimum absolute atomic E-state index is 0.157. The molecule has 0 saturated heterocycles. The van der Waals surface area contributed by atoms with Gasteiger partial charge in [0.15, 0.2) is 0 Å². The third-order valence-electron chi connectivity index (χ3n) is 12.2. The molecule has 0 saturated carbocycles. The van der Waals surface area contributed by atoms with E-state index in [0.717, 1.165) is 55.6 Å². The number of nitrogens with zero attached hydrogens (tertiary/aromatic N) is 1. The molecule has 1 atom stereocenters. The molecule has 2 nitrogen and oxygen atoms in total. The zero-order valence-corrected chi connectivity index (χ0v) is 30.9. The highest BCUT2D eigenvalue weighted by molar-refractivity contribution is 6.13. The highest BCUT2D eigenvalue weighted by atomic mass is 16.3. The Hall–Kier alpha value is -7.47. The van der Waals surface area contributed by atoms with E-state index in [1.807, 2.05) is 12.1 Å². The molecule has 3 aliphatic rings. The molecule has 0 bridgehead atoms. The summed E-state index contributed by atoms with van der Waals surface area (Å²) in [5, 5.41) is 2.28. The molecule has 0 aliphatic heterocycles. The fourth-order valence-corrected chi connectivity index (χ4v) is 9.83. The van der Waals surface area contributed by atoms with Gasteiger partial charge in [0.25, 0.3) is 0 Å². The Kier molecular flexibility index (Phi) is 6.85. The van der Waals surface area contributed by atoms with Crippen molar-refractivity contribution in [1.29, 1.82) is 0 Å². The Morgan fingerprint density at radius 3 is 1.88 bits per heavy atom. The van der Waals surface area contributed by atoms with Gasteiger partial charge < -0.3 is 4.42 Å². The molecule has 0 N–H and O–H groups in total. The molecule has 2 heterocycles. The largest absolute Gasteiger partial charge is 0.455 e. The summed E-state index contributed by atoms with van der Waals surface area (Å²) >= 11 is 0. The summed E-state index contributed by atoms with van der Waals surface area (Å²) in [6, 6.07) is 63.0. The molecule has 1 unspecified atom stereocenters. The van der Waals surface area contributed by atoms with Crippen LogP contribution in [0.2, 0.25) is 0 Å². The van der Waals surface area contributed by atoms with Gasteiger partial charge in [0, 0.05) is 27.5 Å². The van der Waals surface area contributed by atoms with Crippen LogP contribution in [0, 0.1) is 11.8 Å². The average Bonchev–Trinajstić information content (AvgIpc) is 3.82. The minimum Gasteiger partial charge on any atom is -0.455 e. The van der Waals surface area contributed by atoms with Crippen LogP contribution in [0.1, 0.15) is 39.3 Å². The van der Waals surface area contributed by atoms with E-state index in [-0.39, 0.29) is 5.92 Å². The fraction of sp³-hybridized carbons (Fsp3) is 0.0364. The van der Waals surface area contributed by atoms with Crippen molar-refractivity contribution in [2.75, 3.05) is 0 Å². The number of rotatable bonds is 4. The fourth-order valence-electron chi connectivity index (χ4n) is 9.83. The van der Waals surface area contributed by atoms with Gasteiger partial charge in [0.2, 0.25) is 0 Å². The minimum atomic E-state index is -0.542. The zero-order chi connectivity index (χ0) is 37.5.